The topological polar surface area (TPSA) is 138 Å². The van der Waals surface area contributed by atoms with E-state index >= 15 is 0 Å². The van der Waals surface area contributed by atoms with Crippen molar-refractivity contribution in [2.75, 3.05) is 0 Å². The smallest absolute Gasteiger partial charge is 0.476 e. The van der Waals surface area contributed by atoms with Crippen molar-refractivity contribution in [1.29, 1.82) is 0 Å². The number of rotatable bonds is 5. The molecule has 0 rings (SSSR count). The van der Waals surface area contributed by atoms with Crippen molar-refractivity contribution in [2.45, 2.75) is 12.8 Å². The van der Waals surface area contributed by atoms with E-state index in [-0.39, 0.29) is 0 Å². The minimum Gasteiger partial charge on any atom is -0.476 e. The molecule has 0 aliphatic rings. The lowest BCUT2D eigenvalue weighted by molar-refractivity contribution is -0.149. The van der Waals surface area contributed by atoms with Crippen molar-refractivity contribution < 1.29 is 38.4 Å². The van der Waals surface area contributed by atoms with Crippen LogP contribution in [0.3, 0.4) is 0 Å². The fourth-order valence-corrected chi connectivity index (χ4v) is 0.857. The van der Waals surface area contributed by atoms with Gasteiger partial charge in [-0.1, -0.05) is 0 Å². The zero-order chi connectivity index (χ0) is 11.4. The average Bonchev–Trinajstić information content (AvgIpc) is 1.96. The zero-order valence-corrected chi connectivity index (χ0v) is 7.64. The Morgan fingerprint density at radius 2 is 1.64 bits per heavy atom. The SMILES string of the molecule is O=C(CCC(=O)C(=O)O)OP(=O)(O)O. The normalized spacial score (nSPS) is 10.7. The Morgan fingerprint density at radius 1 is 1.14 bits per heavy atom. The largest absolute Gasteiger partial charge is 0.526 e. The Hall–Kier alpha value is -1.24. The van der Waals surface area contributed by atoms with Crippen molar-refractivity contribution in [3.63, 3.8) is 0 Å². The van der Waals surface area contributed by atoms with E-state index in [1.165, 1.54) is 0 Å². The second-order valence-electron chi connectivity index (χ2n) is 2.18. The minimum atomic E-state index is -4.91. The Morgan fingerprint density at radius 3 is 2.00 bits per heavy atom. The number of carboxylic acids is 1. The second kappa shape index (κ2) is 4.85. The first kappa shape index (κ1) is 12.8. The standard InChI is InChI=1S/C5H7O8P/c6-3(5(8)9)1-2-4(7)13-14(10,11)12/h1-2H2,(H,8,9)(H2,10,11,12). The van der Waals surface area contributed by atoms with Crippen LogP contribution in [0.4, 0.5) is 0 Å². The molecule has 0 aromatic heterocycles. The molecule has 0 fully saturated rings. The number of carboxylic acid groups (broad SMARTS) is 1. The molecule has 0 atom stereocenters. The third-order valence-corrected chi connectivity index (χ3v) is 1.46. The number of phosphoric acid groups is 1. The summed E-state index contributed by atoms with van der Waals surface area (Å²) in [7, 11) is -4.91. The lowest BCUT2D eigenvalue weighted by Gasteiger charge is -2.03. The fraction of sp³-hybridized carbons (Fsp3) is 0.400. The quantitative estimate of drug-likeness (QED) is 0.403. The van der Waals surface area contributed by atoms with Crippen LogP contribution in [0, 0.1) is 0 Å². The lowest BCUT2D eigenvalue weighted by atomic mass is 10.2. The van der Waals surface area contributed by atoms with Crippen LogP contribution in [-0.2, 0) is 23.5 Å². The summed E-state index contributed by atoms with van der Waals surface area (Å²) in [6, 6.07) is 0. The van der Waals surface area contributed by atoms with Crippen molar-refractivity contribution in [2.24, 2.45) is 0 Å². The number of hydrogen-bond acceptors (Lipinski definition) is 5. The number of aliphatic carboxylic acids is 1. The molecule has 0 bridgehead atoms. The molecule has 0 heterocycles. The number of ketones is 1. The summed E-state index contributed by atoms with van der Waals surface area (Å²) in [5.41, 5.74) is 0. The van der Waals surface area contributed by atoms with E-state index < -0.39 is 38.4 Å². The molecule has 0 amide bonds. The Kier molecular flexibility index (Phi) is 4.42. The molecular weight excluding hydrogens is 219 g/mol. The molecule has 3 N–H and O–H groups in total. The maximum atomic E-state index is 10.5. The van der Waals surface area contributed by atoms with E-state index in [1.54, 1.807) is 0 Å². The summed E-state index contributed by atoms with van der Waals surface area (Å²) in [5.74, 6) is -4.27. The fourth-order valence-electron chi connectivity index (χ4n) is 0.501. The summed E-state index contributed by atoms with van der Waals surface area (Å²) in [4.78, 5) is 47.1. The second-order valence-corrected chi connectivity index (χ2v) is 3.35. The summed E-state index contributed by atoms with van der Waals surface area (Å²) < 4.78 is 13.6. The number of phosphoric ester groups is 1. The number of carbonyl (C=O) groups is 3. The van der Waals surface area contributed by atoms with E-state index in [2.05, 4.69) is 4.52 Å². The molecule has 0 unspecified atom stereocenters. The molecule has 0 saturated heterocycles. The molecule has 14 heavy (non-hydrogen) atoms. The molecule has 0 aromatic carbocycles. The molecule has 80 valence electrons. The van der Waals surface area contributed by atoms with Gasteiger partial charge in [-0.3, -0.25) is 19.4 Å². The number of hydrogen-bond donors (Lipinski definition) is 3. The maximum absolute atomic E-state index is 10.5. The number of carbonyl (C=O) groups excluding carboxylic acids is 2. The van der Waals surface area contributed by atoms with Gasteiger partial charge < -0.3 is 9.63 Å². The summed E-state index contributed by atoms with van der Waals surface area (Å²) in [6.45, 7) is 0. The van der Waals surface area contributed by atoms with Crippen molar-refractivity contribution in [3.05, 3.63) is 0 Å². The van der Waals surface area contributed by atoms with Gasteiger partial charge in [-0.05, 0) is 0 Å². The zero-order valence-electron chi connectivity index (χ0n) is 6.74. The Balaban J connectivity index is 3.93. The third-order valence-electron chi connectivity index (χ3n) is 1.02. The van der Waals surface area contributed by atoms with E-state index in [4.69, 9.17) is 14.9 Å². The molecule has 0 radical (unpaired) electrons. The number of Topliss-reactive ketones (excluding diaryl/α,β-unsaturated/α-hetero) is 1. The molecule has 9 heteroatoms. The van der Waals surface area contributed by atoms with Gasteiger partial charge in [0.15, 0.2) is 0 Å². The summed E-state index contributed by atoms with van der Waals surface area (Å²) in [5, 5.41) is 8.07. The van der Waals surface area contributed by atoms with Gasteiger partial charge in [-0.15, -0.1) is 0 Å². The van der Waals surface area contributed by atoms with Gasteiger partial charge in [0.1, 0.15) is 0 Å². The van der Waals surface area contributed by atoms with Crippen LogP contribution in [0.25, 0.3) is 0 Å². The van der Waals surface area contributed by atoms with Crippen LogP contribution in [0.15, 0.2) is 0 Å². The maximum Gasteiger partial charge on any atom is 0.526 e. The lowest BCUT2D eigenvalue weighted by Crippen LogP contribution is -2.14. The predicted octanol–water partition coefficient (Wildman–Crippen LogP) is -0.944. The van der Waals surface area contributed by atoms with Crippen LogP contribution in [0.1, 0.15) is 12.8 Å². The Bertz CT molecular complexity index is 301. The van der Waals surface area contributed by atoms with Crippen LogP contribution in [0.5, 0.6) is 0 Å². The monoisotopic (exact) mass is 226 g/mol. The van der Waals surface area contributed by atoms with Crippen LogP contribution < -0.4 is 0 Å². The van der Waals surface area contributed by atoms with Crippen molar-refractivity contribution in [1.82, 2.24) is 0 Å². The summed E-state index contributed by atoms with van der Waals surface area (Å²) in [6.07, 6.45) is -1.34. The highest BCUT2D eigenvalue weighted by atomic mass is 31.2. The van der Waals surface area contributed by atoms with Gasteiger partial charge in [0.25, 0.3) is 0 Å². The van der Waals surface area contributed by atoms with E-state index in [9.17, 15) is 18.9 Å². The van der Waals surface area contributed by atoms with Crippen LogP contribution >= 0.6 is 7.82 Å². The van der Waals surface area contributed by atoms with Crippen molar-refractivity contribution >= 4 is 25.5 Å². The summed E-state index contributed by atoms with van der Waals surface area (Å²) >= 11 is 0. The molecule has 0 saturated carbocycles. The highest BCUT2D eigenvalue weighted by Crippen LogP contribution is 2.36. The average molecular weight is 226 g/mol. The van der Waals surface area contributed by atoms with Gasteiger partial charge in [0.05, 0.1) is 6.42 Å². The van der Waals surface area contributed by atoms with Crippen LogP contribution in [-0.4, -0.2) is 32.6 Å². The first-order valence-electron chi connectivity index (χ1n) is 3.26. The molecular formula is C5H7O8P. The molecule has 0 aliphatic carbocycles. The molecule has 0 spiro atoms. The van der Waals surface area contributed by atoms with Crippen LogP contribution in [0.2, 0.25) is 0 Å². The predicted molar refractivity (Wildman–Crippen MR) is 40.0 cm³/mol. The molecule has 8 nitrogen and oxygen atoms in total. The van der Waals surface area contributed by atoms with Gasteiger partial charge in [-0.2, -0.15) is 0 Å². The van der Waals surface area contributed by atoms with Gasteiger partial charge in [0, 0.05) is 6.42 Å². The van der Waals surface area contributed by atoms with E-state index in [0.29, 0.717) is 0 Å². The van der Waals surface area contributed by atoms with Gasteiger partial charge in [-0.25, -0.2) is 9.36 Å². The van der Waals surface area contributed by atoms with Gasteiger partial charge in [0.2, 0.25) is 5.78 Å². The van der Waals surface area contributed by atoms with E-state index in [1.807, 2.05) is 0 Å². The molecule has 0 aromatic rings. The minimum absolute atomic E-state index is 0.659. The van der Waals surface area contributed by atoms with Gasteiger partial charge >= 0.3 is 19.8 Å². The highest BCUT2D eigenvalue weighted by Gasteiger charge is 2.22. The first-order chi connectivity index (χ1) is 6.22. The molecule has 0 aliphatic heterocycles. The Labute approximate surface area is 77.7 Å². The van der Waals surface area contributed by atoms with E-state index in [0.717, 1.165) is 0 Å². The third kappa shape index (κ3) is 6.30. The first-order valence-corrected chi connectivity index (χ1v) is 4.79. The highest BCUT2D eigenvalue weighted by molar-refractivity contribution is 7.46. The van der Waals surface area contributed by atoms with Crippen molar-refractivity contribution in [3.8, 4) is 0 Å².